The SMILES string of the molecule is CCNC(C)c1ccc(N(CC2CC2)C(C)C)cn1. The molecule has 0 aromatic carbocycles. The molecule has 3 heteroatoms. The first-order valence-corrected chi connectivity index (χ1v) is 7.57. The van der Waals surface area contributed by atoms with Gasteiger partial charge in [0.05, 0.1) is 17.6 Å². The van der Waals surface area contributed by atoms with Crippen LogP contribution >= 0.6 is 0 Å². The molecule has 1 N–H and O–H groups in total. The Balaban J connectivity index is 2.06. The normalized spacial score (nSPS) is 16.7. The van der Waals surface area contributed by atoms with Crippen LogP contribution in [0.15, 0.2) is 18.3 Å². The van der Waals surface area contributed by atoms with E-state index < -0.39 is 0 Å². The van der Waals surface area contributed by atoms with Crippen molar-refractivity contribution in [1.29, 1.82) is 0 Å². The molecule has 19 heavy (non-hydrogen) atoms. The lowest BCUT2D eigenvalue weighted by atomic mass is 10.2. The Morgan fingerprint density at radius 1 is 1.32 bits per heavy atom. The second-order valence-electron chi connectivity index (χ2n) is 5.91. The van der Waals surface area contributed by atoms with Crippen molar-refractivity contribution in [2.24, 2.45) is 5.92 Å². The van der Waals surface area contributed by atoms with Crippen LogP contribution in [-0.4, -0.2) is 24.1 Å². The lowest BCUT2D eigenvalue weighted by Crippen LogP contribution is -2.32. The fraction of sp³-hybridized carbons (Fsp3) is 0.688. The lowest BCUT2D eigenvalue weighted by molar-refractivity contribution is 0.582. The number of rotatable bonds is 7. The molecular weight excluding hydrogens is 234 g/mol. The predicted molar refractivity (Wildman–Crippen MR) is 81.5 cm³/mol. The van der Waals surface area contributed by atoms with Crippen molar-refractivity contribution in [3.05, 3.63) is 24.0 Å². The van der Waals surface area contributed by atoms with E-state index in [4.69, 9.17) is 0 Å². The minimum Gasteiger partial charge on any atom is -0.368 e. The van der Waals surface area contributed by atoms with Gasteiger partial charge < -0.3 is 10.2 Å². The molecule has 0 saturated heterocycles. The van der Waals surface area contributed by atoms with Crippen LogP contribution in [0.5, 0.6) is 0 Å². The summed E-state index contributed by atoms with van der Waals surface area (Å²) in [4.78, 5) is 7.10. The van der Waals surface area contributed by atoms with E-state index in [1.165, 1.54) is 25.1 Å². The summed E-state index contributed by atoms with van der Waals surface area (Å²) in [5, 5.41) is 3.40. The second kappa shape index (κ2) is 6.38. The summed E-state index contributed by atoms with van der Waals surface area (Å²) < 4.78 is 0. The van der Waals surface area contributed by atoms with Crippen LogP contribution in [-0.2, 0) is 0 Å². The number of nitrogens with zero attached hydrogens (tertiary/aromatic N) is 2. The zero-order chi connectivity index (χ0) is 13.8. The van der Waals surface area contributed by atoms with Crippen LogP contribution in [0.25, 0.3) is 0 Å². The Hall–Kier alpha value is -1.09. The third-order valence-electron chi connectivity index (χ3n) is 3.83. The highest BCUT2D eigenvalue weighted by molar-refractivity contribution is 5.46. The maximum atomic E-state index is 4.62. The smallest absolute Gasteiger partial charge is 0.0572 e. The second-order valence-corrected chi connectivity index (χ2v) is 5.91. The zero-order valence-corrected chi connectivity index (χ0v) is 12.7. The fourth-order valence-corrected chi connectivity index (χ4v) is 2.43. The summed E-state index contributed by atoms with van der Waals surface area (Å²) in [7, 11) is 0. The average molecular weight is 261 g/mol. The van der Waals surface area contributed by atoms with Crippen LogP contribution in [0, 0.1) is 5.92 Å². The van der Waals surface area contributed by atoms with E-state index >= 15 is 0 Å². The van der Waals surface area contributed by atoms with E-state index in [-0.39, 0.29) is 0 Å². The van der Waals surface area contributed by atoms with Gasteiger partial charge in [-0.1, -0.05) is 6.92 Å². The van der Waals surface area contributed by atoms with Gasteiger partial charge in [0.1, 0.15) is 0 Å². The Kier molecular flexibility index (Phi) is 4.81. The molecule has 0 radical (unpaired) electrons. The molecule has 1 aliphatic rings. The number of nitrogens with one attached hydrogen (secondary N) is 1. The van der Waals surface area contributed by atoms with E-state index in [9.17, 15) is 0 Å². The number of hydrogen-bond donors (Lipinski definition) is 1. The van der Waals surface area contributed by atoms with Gasteiger partial charge in [-0.15, -0.1) is 0 Å². The highest BCUT2D eigenvalue weighted by Gasteiger charge is 2.25. The topological polar surface area (TPSA) is 28.2 Å². The summed E-state index contributed by atoms with van der Waals surface area (Å²) in [5.74, 6) is 0.905. The Labute approximate surface area is 117 Å². The van der Waals surface area contributed by atoms with Gasteiger partial charge in [0.25, 0.3) is 0 Å². The molecule has 0 bridgehead atoms. The van der Waals surface area contributed by atoms with Gasteiger partial charge in [0, 0.05) is 18.6 Å². The van der Waals surface area contributed by atoms with Crippen molar-refractivity contribution < 1.29 is 0 Å². The molecule has 1 atom stereocenters. The van der Waals surface area contributed by atoms with Gasteiger partial charge in [-0.25, -0.2) is 0 Å². The average Bonchev–Trinajstić information content (AvgIpc) is 3.20. The van der Waals surface area contributed by atoms with Crippen LogP contribution in [0.3, 0.4) is 0 Å². The van der Waals surface area contributed by atoms with Crippen LogP contribution in [0.4, 0.5) is 5.69 Å². The molecule has 1 fully saturated rings. The highest BCUT2D eigenvalue weighted by atomic mass is 15.2. The zero-order valence-electron chi connectivity index (χ0n) is 12.7. The number of aromatic nitrogens is 1. The molecule has 2 rings (SSSR count). The summed E-state index contributed by atoms with van der Waals surface area (Å²) in [6, 6.07) is 5.25. The molecule has 1 unspecified atom stereocenters. The van der Waals surface area contributed by atoms with Gasteiger partial charge in [0.15, 0.2) is 0 Å². The van der Waals surface area contributed by atoms with Crippen molar-refractivity contribution in [3.63, 3.8) is 0 Å². The molecule has 0 aliphatic heterocycles. The minimum atomic E-state index is 0.329. The Morgan fingerprint density at radius 3 is 2.53 bits per heavy atom. The molecule has 106 valence electrons. The van der Waals surface area contributed by atoms with Gasteiger partial charge in [0.2, 0.25) is 0 Å². The standard InChI is InChI=1S/C16H27N3/c1-5-17-13(4)16-9-8-15(10-18-16)19(12(2)3)11-14-6-7-14/h8-10,12-14,17H,5-7,11H2,1-4H3. The third kappa shape index (κ3) is 3.93. The van der Waals surface area contributed by atoms with E-state index in [1.807, 2.05) is 6.20 Å². The number of pyridine rings is 1. The van der Waals surface area contributed by atoms with Gasteiger partial charge in [-0.2, -0.15) is 0 Å². The minimum absolute atomic E-state index is 0.329. The summed E-state index contributed by atoms with van der Waals surface area (Å²) in [5.41, 5.74) is 2.38. The Bertz CT molecular complexity index is 381. The van der Waals surface area contributed by atoms with Crippen molar-refractivity contribution >= 4 is 5.69 Å². The monoisotopic (exact) mass is 261 g/mol. The van der Waals surface area contributed by atoms with Crippen molar-refractivity contribution in [3.8, 4) is 0 Å². The molecular formula is C16H27N3. The van der Waals surface area contributed by atoms with Gasteiger partial charge in [-0.3, -0.25) is 4.98 Å². The van der Waals surface area contributed by atoms with Crippen molar-refractivity contribution in [1.82, 2.24) is 10.3 Å². The van der Waals surface area contributed by atoms with Crippen molar-refractivity contribution in [2.45, 2.75) is 52.6 Å². The first-order valence-electron chi connectivity index (χ1n) is 7.57. The van der Waals surface area contributed by atoms with E-state index in [1.54, 1.807) is 0 Å². The number of anilines is 1. The van der Waals surface area contributed by atoms with Crippen LogP contribution in [0.2, 0.25) is 0 Å². The maximum absolute atomic E-state index is 4.62. The first-order chi connectivity index (χ1) is 9.11. The van der Waals surface area contributed by atoms with Crippen LogP contribution < -0.4 is 10.2 Å². The summed E-state index contributed by atoms with van der Waals surface area (Å²) in [6.07, 6.45) is 4.82. The molecule has 1 heterocycles. The third-order valence-corrected chi connectivity index (χ3v) is 3.83. The molecule has 0 spiro atoms. The van der Waals surface area contributed by atoms with Crippen molar-refractivity contribution in [2.75, 3.05) is 18.0 Å². The highest BCUT2D eigenvalue weighted by Crippen LogP contribution is 2.32. The fourth-order valence-electron chi connectivity index (χ4n) is 2.43. The molecule has 1 saturated carbocycles. The van der Waals surface area contributed by atoms with Gasteiger partial charge in [-0.05, 0) is 58.2 Å². The molecule has 1 aromatic heterocycles. The molecule has 3 nitrogen and oxygen atoms in total. The molecule has 0 amide bonds. The molecule has 1 aromatic rings. The van der Waals surface area contributed by atoms with E-state index in [0.29, 0.717) is 12.1 Å². The molecule has 1 aliphatic carbocycles. The first kappa shape index (κ1) is 14.3. The number of hydrogen-bond acceptors (Lipinski definition) is 3. The Morgan fingerprint density at radius 2 is 2.05 bits per heavy atom. The van der Waals surface area contributed by atoms with E-state index in [0.717, 1.165) is 18.2 Å². The van der Waals surface area contributed by atoms with Crippen LogP contribution in [0.1, 0.15) is 52.3 Å². The maximum Gasteiger partial charge on any atom is 0.0572 e. The summed E-state index contributed by atoms with van der Waals surface area (Å²) >= 11 is 0. The quantitative estimate of drug-likeness (QED) is 0.815. The van der Waals surface area contributed by atoms with E-state index in [2.05, 4.69) is 55.0 Å². The predicted octanol–water partition coefficient (Wildman–Crippen LogP) is 3.38. The largest absolute Gasteiger partial charge is 0.368 e. The summed E-state index contributed by atoms with van der Waals surface area (Å²) in [6.45, 7) is 11.0. The van der Waals surface area contributed by atoms with Gasteiger partial charge >= 0.3 is 0 Å². The lowest BCUT2D eigenvalue weighted by Gasteiger charge is -2.29.